The number of allylic oxidation sites excluding steroid dienone is 1. The summed E-state index contributed by atoms with van der Waals surface area (Å²) in [7, 11) is -0.266. The molecule has 0 radical (unpaired) electrons. The number of hydrogen-bond donors (Lipinski definition) is 0. The van der Waals surface area contributed by atoms with Crippen molar-refractivity contribution in [2.24, 2.45) is 0 Å². The van der Waals surface area contributed by atoms with E-state index >= 15 is 0 Å². The molecule has 3 heteroatoms. The molecule has 0 aliphatic carbocycles. The second-order valence-electron chi connectivity index (χ2n) is 5.60. The third-order valence-electron chi connectivity index (χ3n) is 3.99. The van der Waals surface area contributed by atoms with E-state index in [0.29, 0.717) is 5.75 Å². The van der Waals surface area contributed by atoms with Crippen LogP contribution in [0.4, 0.5) is 0 Å². The molecule has 0 fully saturated rings. The Morgan fingerprint density at radius 3 is 1.50 bits per heavy atom. The quantitative estimate of drug-likeness (QED) is 0.466. The molecular formula is C23H17N2S+. The summed E-state index contributed by atoms with van der Waals surface area (Å²) in [4.78, 5) is 2.39. The number of nitriles is 2. The van der Waals surface area contributed by atoms with Crippen molar-refractivity contribution in [1.29, 1.82) is 10.5 Å². The Balaban J connectivity index is 2.11. The first-order chi connectivity index (χ1) is 12.8. The van der Waals surface area contributed by atoms with Gasteiger partial charge in [-0.1, -0.05) is 66.7 Å². The predicted octanol–water partition coefficient (Wildman–Crippen LogP) is 5.22. The number of hydrogen-bond acceptors (Lipinski definition) is 2. The van der Waals surface area contributed by atoms with Gasteiger partial charge in [-0.25, -0.2) is 0 Å². The van der Waals surface area contributed by atoms with Crippen LogP contribution in [0.5, 0.6) is 0 Å². The third-order valence-corrected chi connectivity index (χ3v) is 6.25. The van der Waals surface area contributed by atoms with Gasteiger partial charge in [0.25, 0.3) is 0 Å². The molecule has 0 N–H and O–H groups in total. The van der Waals surface area contributed by atoms with Crippen LogP contribution in [0.25, 0.3) is 5.57 Å². The Kier molecular flexibility index (Phi) is 5.88. The van der Waals surface area contributed by atoms with Gasteiger partial charge in [-0.3, -0.25) is 0 Å². The summed E-state index contributed by atoms with van der Waals surface area (Å²) in [5.41, 5.74) is 1.90. The maximum Gasteiger partial charge on any atom is 0.161 e. The average molecular weight is 353 g/mol. The molecule has 0 saturated heterocycles. The highest BCUT2D eigenvalue weighted by molar-refractivity contribution is 7.97. The summed E-state index contributed by atoms with van der Waals surface area (Å²) in [5.74, 6) is 0.620. The lowest BCUT2D eigenvalue weighted by atomic mass is 10.0. The lowest BCUT2D eigenvalue weighted by Gasteiger charge is -2.11. The molecule has 0 amide bonds. The van der Waals surface area contributed by atoms with Crippen molar-refractivity contribution in [3.8, 4) is 12.1 Å². The van der Waals surface area contributed by atoms with Crippen LogP contribution in [0.3, 0.4) is 0 Å². The Morgan fingerprint density at radius 1 is 0.654 bits per heavy atom. The monoisotopic (exact) mass is 353 g/mol. The van der Waals surface area contributed by atoms with E-state index in [0.717, 1.165) is 11.1 Å². The zero-order valence-corrected chi connectivity index (χ0v) is 15.0. The number of nitrogens with zero attached hydrogens (tertiary/aromatic N) is 2. The topological polar surface area (TPSA) is 47.6 Å². The van der Waals surface area contributed by atoms with Gasteiger partial charge in [-0.05, 0) is 29.8 Å². The first-order valence-corrected chi connectivity index (χ1v) is 9.62. The van der Waals surface area contributed by atoms with Gasteiger partial charge in [-0.2, -0.15) is 10.5 Å². The maximum absolute atomic E-state index is 9.48. The number of benzene rings is 3. The molecule has 0 spiro atoms. The SMILES string of the molecule is N#CC(C#N)=C(C[S+](c1ccccc1)c1ccccc1)c1ccccc1. The van der Waals surface area contributed by atoms with Crippen molar-refractivity contribution in [2.75, 3.05) is 5.75 Å². The molecule has 124 valence electrons. The number of rotatable bonds is 5. The second-order valence-corrected chi connectivity index (χ2v) is 7.62. The lowest BCUT2D eigenvalue weighted by Crippen LogP contribution is -2.11. The van der Waals surface area contributed by atoms with Crippen molar-refractivity contribution < 1.29 is 0 Å². The largest absolute Gasteiger partial charge is 0.192 e. The van der Waals surface area contributed by atoms with Gasteiger partial charge in [0.05, 0.1) is 10.9 Å². The summed E-state index contributed by atoms with van der Waals surface area (Å²) in [6, 6.07) is 34.4. The molecule has 0 saturated carbocycles. The van der Waals surface area contributed by atoms with Crippen LogP contribution < -0.4 is 0 Å². The fourth-order valence-corrected chi connectivity index (χ4v) is 4.89. The van der Waals surface area contributed by atoms with E-state index in [4.69, 9.17) is 0 Å². The standard InChI is InChI=1S/C23H17N2S/c24-16-20(17-25)23(19-10-4-1-5-11-19)18-26(21-12-6-2-7-13-21)22-14-8-3-9-15-22/h1-15H,18H2/q+1. The summed E-state index contributed by atoms with van der Waals surface area (Å²) in [6.45, 7) is 0. The highest BCUT2D eigenvalue weighted by atomic mass is 32.2. The zero-order valence-electron chi connectivity index (χ0n) is 14.2. The van der Waals surface area contributed by atoms with Gasteiger partial charge in [0.2, 0.25) is 0 Å². The van der Waals surface area contributed by atoms with Gasteiger partial charge in [0.15, 0.2) is 9.79 Å². The Hall–Kier alpha value is -3.27. The molecule has 0 aliphatic heterocycles. The van der Waals surface area contributed by atoms with Crippen LogP contribution >= 0.6 is 0 Å². The Bertz CT molecular complexity index is 910. The van der Waals surface area contributed by atoms with Gasteiger partial charge in [0, 0.05) is 5.57 Å². The van der Waals surface area contributed by atoms with E-state index < -0.39 is 0 Å². The first kappa shape index (κ1) is 17.5. The van der Waals surface area contributed by atoms with Crippen LogP contribution in [0.1, 0.15) is 5.56 Å². The van der Waals surface area contributed by atoms with Crippen molar-refractivity contribution >= 4 is 16.5 Å². The average Bonchev–Trinajstić information content (AvgIpc) is 2.73. The summed E-state index contributed by atoms with van der Waals surface area (Å²) < 4.78 is 0. The molecule has 0 bridgehead atoms. The van der Waals surface area contributed by atoms with Gasteiger partial charge in [-0.15, -0.1) is 0 Å². The molecule has 0 aliphatic rings. The van der Waals surface area contributed by atoms with E-state index in [1.165, 1.54) is 9.79 Å². The maximum atomic E-state index is 9.48. The van der Waals surface area contributed by atoms with Gasteiger partial charge < -0.3 is 0 Å². The Labute approximate surface area is 157 Å². The summed E-state index contributed by atoms with van der Waals surface area (Å²) >= 11 is 0. The fraction of sp³-hybridized carbons (Fsp3) is 0.0435. The molecule has 0 atom stereocenters. The van der Waals surface area contributed by atoms with Crippen LogP contribution in [0, 0.1) is 22.7 Å². The minimum Gasteiger partial charge on any atom is -0.192 e. The highest BCUT2D eigenvalue weighted by Gasteiger charge is 2.28. The smallest absolute Gasteiger partial charge is 0.161 e. The minimum absolute atomic E-state index is 0.181. The third kappa shape index (κ3) is 4.03. The van der Waals surface area contributed by atoms with Crippen molar-refractivity contribution in [1.82, 2.24) is 0 Å². The molecule has 26 heavy (non-hydrogen) atoms. The van der Waals surface area contributed by atoms with E-state index in [2.05, 4.69) is 36.4 Å². The predicted molar refractivity (Wildman–Crippen MR) is 106 cm³/mol. The molecule has 0 unspecified atom stereocenters. The van der Waals surface area contributed by atoms with Crippen LogP contribution in [0.15, 0.2) is 106 Å². The summed E-state index contributed by atoms with van der Waals surface area (Å²) in [6.07, 6.45) is 0. The second kappa shape index (κ2) is 8.72. The van der Waals surface area contributed by atoms with Gasteiger partial charge >= 0.3 is 0 Å². The first-order valence-electron chi connectivity index (χ1n) is 8.23. The molecular weight excluding hydrogens is 336 g/mol. The van der Waals surface area contributed by atoms with Crippen LogP contribution in [-0.2, 0) is 10.9 Å². The zero-order chi connectivity index (χ0) is 18.2. The lowest BCUT2D eigenvalue weighted by molar-refractivity contribution is 1.36. The molecule has 0 aromatic heterocycles. The fourth-order valence-electron chi connectivity index (χ4n) is 2.72. The highest BCUT2D eigenvalue weighted by Crippen LogP contribution is 2.30. The van der Waals surface area contributed by atoms with E-state index in [1.54, 1.807) is 0 Å². The van der Waals surface area contributed by atoms with Crippen LogP contribution in [-0.4, -0.2) is 5.75 Å². The van der Waals surface area contributed by atoms with Gasteiger partial charge in [0.1, 0.15) is 23.5 Å². The molecule has 3 rings (SSSR count). The summed E-state index contributed by atoms with van der Waals surface area (Å²) in [5, 5.41) is 19.0. The normalized spacial score (nSPS) is 9.96. The molecule has 3 aromatic carbocycles. The van der Waals surface area contributed by atoms with Crippen LogP contribution in [0.2, 0.25) is 0 Å². The minimum atomic E-state index is -0.266. The molecule has 3 aromatic rings. The van der Waals surface area contributed by atoms with Crippen molar-refractivity contribution in [3.05, 3.63) is 102 Å². The Morgan fingerprint density at radius 2 is 1.08 bits per heavy atom. The van der Waals surface area contributed by atoms with Crippen molar-refractivity contribution in [3.63, 3.8) is 0 Å². The van der Waals surface area contributed by atoms with Crippen molar-refractivity contribution in [2.45, 2.75) is 9.79 Å². The molecule has 2 nitrogen and oxygen atoms in total. The van der Waals surface area contributed by atoms with E-state index in [1.807, 2.05) is 66.7 Å². The van der Waals surface area contributed by atoms with E-state index in [-0.39, 0.29) is 16.5 Å². The van der Waals surface area contributed by atoms with E-state index in [9.17, 15) is 10.5 Å². The molecule has 0 heterocycles.